The molecule has 0 fully saturated rings. The second-order valence-electron chi connectivity index (χ2n) is 4.73. The number of aromatic nitrogens is 2. The highest BCUT2D eigenvalue weighted by Crippen LogP contribution is 2.31. The Morgan fingerprint density at radius 1 is 1.30 bits per heavy atom. The van der Waals surface area contributed by atoms with Crippen LogP contribution in [0.5, 0.6) is 5.75 Å². The van der Waals surface area contributed by atoms with E-state index in [-0.39, 0.29) is 16.5 Å². The lowest BCUT2D eigenvalue weighted by molar-refractivity contribution is -0.830. The third-order valence-electron chi connectivity index (χ3n) is 3.23. The molecular weight excluding hydrogens is 323 g/mol. The topological polar surface area (TPSA) is 83.9 Å². The molecular formula is C15H13ClFN4O2+. The molecule has 0 aliphatic rings. The van der Waals surface area contributed by atoms with Gasteiger partial charge in [0, 0.05) is 17.5 Å². The maximum atomic E-state index is 14.0. The van der Waals surface area contributed by atoms with Crippen LogP contribution in [0.15, 0.2) is 36.7 Å². The van der Waals surface area contributed by atoms with Gasteiger partial charge in [-0.25, -0.2) is 19.2 Å². The van der Waals surface area contributed by atoms with Crippen molar-refractivity contribution in [2.75, 3.05) is 12.4 Å². The van der Waals surface area contributed by atoms with E-state index in [1.807, 2.05) is 0 Å². The van der Waals surface area contributed by atoms with Crippen LogP contribution in [-0.2, 0) is 4.84 Å². The first-order valence-corrected chi connectivity index (χ1v) is 7.02. The maximum Gasteiger partial charge on any atom is 0.204 e. The van der Waals surface area contributed by atoms with Crippen LogP contribution in [0.1, 0.15) is 0 Å². The van der Waals surface area contributed by atoms with Crippen molar-refractivity contribution >= 4 is 39.7 Å². The first-order chi connectivity index (χ1) is 11.1. The zero-order chi connectivity index (χ0) is 16.4. The Hall–Kier alpha value is -2.48. The van der Waals surface area contributed by atoms with Crippen molar-refractivity contribution in [3.05, 3.63) is 47.5 Å². The summed E-state index contributed by atoms with van der Waals surface area (Å²) in [4.78, 5) is 13.2. The van der Waals surface area contributed by atoms with Crippen LogP contribution < -0.4 is 10.8 Å². The minimum atomic E-state index is -0.566. The van der Waals surface area contributed by atoms with Gasteiger partial charge in [0.2, 0.25) is 5.69 Å². The smallest absolute Gasteiger partial charge is 0.204 e. The standard InChI is InChI=1S/C15H12ClFN4O2/c1-23-21-12-5-8-11(6-13(12)22)18-7-19-15(8)20-10-4-2-3-9(16)14(10)17/h2-7,21-22H,1H3,(H,18,19,20)/p+1. The number of nitrogens with two attached hydrogens (primary N) is 1. The number of rotatable bonds is 4. The van der Waals surface area contributed by atoms with E-state index in [4.69, 9.17) is 16.4 Å². The van der Waals surface area contributed by atoms with Crippen molar-refractivity contribution in [3.8, 4) is 5.75 Å². The van der Waals surface area contributed by atoms with Gasteiger partial charge in [0.15, 0.2) is 11.6 Å². The first-order valence-electron chi connectivity index (χ1n) is 6.65. The highest BCUT2D eigenvalue weighted by molar-refractivity contribution is 6.31. The van der Waals surface area contributed by atoms with E-state index in [9.17, 15) is 9.50 Å². The highest BCUT2D eigenvalue weighted by atomic mass is 35.5. The Balaban J connectivity index is 2.10. The van der Waals surface area contributed by atoms with Gasteiger partial charge in [0.05, 0.1) is 23.3 Å². The van der Waals surface area contributed by atoms with Gasteiger partial charge in [-0.1, -0.05) is 17.7 Å². The van der Waals surface area contributed by atoms with Crippen molar-refractivity contribution in [2.24, 2.45) is 0 Å². The molecule has 2 aromatic carbocycles. The fraction of sp³-hybridized carbons (Fsp3) is 0.0667. The lowest BCUT2D eigenvalue weighted by atomic mass is 10.2. The van der Waals surface area contributed by atoms with Crippen LogP contribution in [0, 0.1) is 5.82 Å². The summed E-state index contributed by atoms with van der Waals surface area (Å²) < 4.78 is 14.0. The van der Waals surface area contributed by atoms with Crippen LogP contribution in [-0.4, -0.2) is 22.2 Å². The Bertz CT molecular complexity index is 875. The summed E-state index contributed by atoms with van der Waals surface area (Å²) in [6, 6.07) is 7.79. The van der Waals surface area contributed by atoms with Gasteiger partial charge in [-0.2, -0.15) is 5.48 Å². The van der Waals surface area contributed by atoms with E-state index in [0.717, 1.165) is 0 Å². The molecule has 0 saturated carbocycles. The van der Waals surface area contributed by atoms with Gasteiger partial charge in [-0.15, -0.1) is 0 Å². The highest BCUT2D eigenvalue weighted by Gasteiger charge is 2.14. The molecule has 0 radical (unpaired) electrons. The number of anilines is 2. The van der Waals surface area contributed by atoms with Crippen molar-refractivity contribution in [3.63, 3.8) is 0 Å². The quantitative estimate of drug-likeness (QED) is 0.388. The molecule has 0 saturated heterocycles. The monoisotopic (exact) mass is 335 g/mol. The number of quaternary nitrogens is 1. The Morgan fingerprint density at radius 2 is 2.13 bits per heavy atom. The molecule has 0 atom stereocenters. The fourth-order valence-corrected chi connectivity index (χ4v) is 2.33. The normalized spacial score (nSPS) is 10.9. The summed E-state index contributed by atoms with van der Waals surface area (Å²) >= 11 is 5.78. The largest absolute Gasteiger partial charge is 0.503 e. The average molecular weight is 336 g/mol. The van der Waals surface area contributed by atoms with E-state index in [1.165, 1.54) is 31.0 Å². The molecule has 23 heavy (non-hydrogen) atoms. The third kappa shape index (κ3) is 3.02. The summed E-state index contributed by atoms with van der Waals surface area (Å²) in [5.41, 5.74) is 2.56. The van der Waals surface area contributed by atoms with Crippen LogP contribution in [0.25, 0.3) is 10.9 Å². The first kappa shape index (κ1) is 15.4. The van der Waals surface area contributed by atoms with Crippen LogP contribution in [0.3, 0.4) is 0 Å². The second-order valence-corrected chi connectivity index (χ2v) is 5.14. The number of phenolic OH excluding ortho intramolecular Hbond substituents is 1. The second kappa shape index (κ2) is 6.33. The van der Waals surface area contributed by atoms with Crippen molar-refractivity contribution < 1.29 is 19.8 Å². The molecule has 3 rings (SSSR count). The van der Waals surface area contributed by atoms with E-state index >= 15 is 0 Å². The number of hydrogen-bond acceptors (Lipinski definition) is 5. The Labute approximate surface area is 135 Å². The molecule has 0 unspecified atom stereocenters. The molecule has 0 amide bonds. The predicted octanol–water partition coefficient (Wildman–Crippen LogP) is 2.63. The number of halogens is 2. The van der Waals surface area contributed by atoms with E-state index in [2.05, 4.69) is 15.3 Å². The van der Waals surface area contributed by atoms with Crippen LogP contribution >= 0.6 is 11.6 Å². The molecule has 0 aliphatic heterocycles. The molecule has 1 heterocycles. The molecule has 0 spiro atoms. The number of fused-ring (bicyclic) bond motifs is 1. The molecule has 1 aromatic heterocycles. The number of aromatic hydroxyl groups is 1. The fourth-order valence-electron chi connectivity index (χ4n) is 2.16. The van der Waals surface area contributed by atoms with Gasteiger partial charge in [0.25, 0.3) is 0 Å². The SMILES string of the molecule is CO[NH2+]c1cc2c(Nc3cccc(Cl)c3F)ncnc2cc1O. The van der Waals surface area contributed by atoms with Crippen LogP contribution in [0.4, 0.5) is 21.6 Å². The van der Waals surface area contributed by atoms with Gasteiger partial charge in [-0.3, -0.25) is 0 Å². The van der Waals surface area contributed by atoms with E-state index < -0.39 is 5.82 Å². The Kier molecular flexibility index (Phi) is 4.24. The summed E-state index contributed by atoms with van der Waals surface area (Å²) in [5, 5.41) is 13.4. The summed E-state index contributed by atoms with van der Waals surface area (Å²) in [7, 11) is 1.48. The molecule has 118 valence electrons. The Morgan fingerprint density at radius 3 is 2.91 bits per heavy atom. The lowest BCUT2D eigenvalue weighted by Gasteiger charge is -2.10. The molecule has 3 aromatic rings. The van der Waals surface area contributed by atoms with Gasteiger partial charge < -0.3 is 10.4 Å². The van der Waals surface area contributed by atoms with E-state index in [0.29, 0.717) is 22.4 Å². The third-order valence-corrected chi connectivity index (χ3v) is 3.53. The number of hydrogen-bond donors (Lipinski definition) is 3. The molecule has 4 N–H and O–H groups in total. The summed E-state index contributed by atoms with van der Waals surface area (Å²) in [5.74, 6) is -0.150. The van der Waals surface area contributed by atoms with Gasteiger partial charge >= 0.3 is 0 Å². The zero-order valence-electron chi connectivity index (χ0n) is 12.0. The average Bonchev–Trinajstić information content (AvgIpc) is 2.53. The van der Waals surface area contributed by atoms with Crippen molar-refractivity contribution in [1.29, 1.82) is 0 Å². The predicted molar refractivity (Wildman–Crippen MR) is 84.5 cm³/mol. The molecule has 0 aliphatic carbocycles. The minimum absolute atomic E-state index is 0.0133. The number of nitrogens with zero attached hydrogens (tertiary/aromatic N) is 2. The zero-order valence-corrected chi connectivity index (χ0v) is 12.8. The number of phenols is 1. The molecule has 0 bridgehead atoms. The van der Waals surface area contributed by atoms with Crippen molar-refractivity contribution in [2.45, 2.75) is 0 Å². The molecule has 6 nitrogen and oxygen atoms in total. The summed E-state index contributed by atoms with van der Waals surface area (Å²) in [6.45, 7) is 0. The van der Waals surface area contributed by atoms with Gasteiger partial charge in [-0.05, 0) is 12.1 Å². The van der Waals surface area contributed by atoms with Gasteiger partial charge in [0.1, 0.15) is 12.1 Å². The van der Waals surface area contributed by atoms with E-state index in [1.54, 1.807) is 18.2 Å². The summed E-state index contributed by atoms with van der Waals surface area (Å²) in [6.07, 6.45) is 1.33. The minimum Gasteiger partial charge on any atom is -0.503 e. The van der Waals surface area contributed by atoms with Crippen LogP contribution in [0.2, 0.25) is 5.02 Å². The lowest BCUT2D eigenvalue weighted by Crippen LogP contribution is -2.75. The molecule has 8 heteroatoms. The number of nitrogens with one attached hydrogen (secondary N) is 1. The number of benzene rings is 2. The maximum absolute atomic E-state index is 14.0. The van der Waals surface area contributed by atoms with Crippen molar-refractivity contribution in [1.82, 2.24) is 9.97 Å².